The van der Waals surface area contributed by atoms with Gasteiger partial charge in [-0.15, -0.1) is 11.3 Å². The van der Waals surface area contributed by atoms with Crippen LogP contribution in [0.3, 0.4) is 0 Å². The first-order chi connectivity index (χ1) is 5.34. The molecule has 1 heteroatoms. The summed E-state index contributed by atoms with van der Waals surface area (Å²) in [6.07, 6.45) is 4.41. The zero-order valence-electron chi connectivity index (χ0n) is 6.76. The number of rotatable bonds is 0. The SMILES string of the molecule is Cc1cc2c(s1)C1CCC2C1. The molecule has 3 rings (SSSR count). The molecule has 58 valence electrons. The molecule has 11 heavy (non-hydrogen) atoms. The van der Waals surface area contributed by atoms with Gasteiger partial charge in [0.05, 0.1) is 0 Å². The van der Waals surface area contributed by atoms with Crippen molar-refractivity contribution in [2.75, 3.05) is 0 Å². The molecule has 0 N–H and O–H groups in total. The average Bonchev–Trinajstić information content (AvgIpc) is 2.53. The van der Waals surface area contributed by atoms with E-state index in [1.54, 1.807) is 10.4 Å². The first-order valence-corrected chi connectivity index (χ1v) is 5.26. The minimum absolute atomic E-state index is 0.958. The molecule has 2 aliphatic rings. The van der Waals surface area contributed by atoms with Gasteiger partial charge in [-0.3, -0.25) is 0 Å². The van der Waals surface area contributed by atoms with E-state index in [-0.39, 0.29) is 0 Å². The van der Waals surface area contributed by atoms with Crippen molar-refractivity contribution in [1.82, 2.24) is 0 Å². The summed E-state index contributed by atoms with van der Waals surface area (Å²) in [5.41, 5.74) is 1.71. The number of thiophene rings is 1. The molecule has 0 aliphatic heterocycles. The van der Waals surface area contributed by atoms with E-state index in [0.717, 1.165) is 11.8 Å². The van der Waals surface area contributed by atoms with Crippen LogP contribution in [0, 0.1) is 6.92 Å². The van der Waals surface area contributed by atoms with Crippen molar-refractivity contribution in [1.29, 1.82) is 0 Å². The summed E-state index contributed by atoms with van der Waals surface area (Å²) < 4.78 is 0. The maximum atomic E-state index is 2.42. The van der Waals surface area contributed by atoms with Gasteiger partial charge in [0.25, 0.3) is 0 Å². The minimum atomic E-state index is 0.958. The predicted octanol–water partition coefficient (Wildman–Crippen LogP) is 3.42. The molecule has 1 aromatic heterocycles. The highest BCUT2D eigenvalue weighted by Crippen LogP contribution is 2.55. The smallest absolute Gasteiger partial charge is 0.0114 e. The molecule has 0 amide bonds. The van der Waals surface area contributed by atoms with E-state index in [9.17, 15) is 0 Å². The molecular weight excluding hydrogens is 152 g/mol. The summed E-state index contributed by atoms with van der Waals surface area (Å²) in [6.45, 7) is 2.24. The standard InChI is InChI=1S/C10H12S/c1-6-4-9-7-2-3-8(5-7)10(9)11-6/h4,7-8H,2-3,5H2,1H3. The second-order valence-corrected chi connectivity index (χ2v) is 5.17. The molecule has 0 nitrogen and oxygen atoms in total. The lowest BCUT2D eigenvalue weighted by atomic mass is 9.99. The normalized spacial score (nSPS) is 32.8. The summed E-state index contributed by atoms with van der Waals surface area (Å²) in [5, 5.41) is 0. The number of hydrogen-bond donors (Lipinski definition) is 0. The molecule has 2 unspecified atom stereocenters. The van der Waals surface area contributed by atoms with Gasteiger partial charge in [0, 0.05) is 9.75 Å². The Morgan fingerprint density at radius 3 is 3.00 bits per heavy atom. The maximum absolute atomic E-state index is 2.42. The average molecular weight is 164 g/mol. The van der Waals surface area contributed by atoms with Gasteiger partial charge in [-0.25, -0.2) is 0 Å². The fraction of sp³-hybridized carbons (Fsp3) is 0.600. The van der Waals surface area contributed by atoms with E-state index < -0.39 is 0 Å². The van der Waals surface area contributed by atoms with Crippen molar-refractivity contribution in [3.8, 4) is 0 Å². The zero-order chi connectivity index (χ0) is 7.42. The third kappa shape index (κ3) is 0.698. The van der Waals surface area contributed by atoms with Crippen molar-refractivity contribution < 1.29 is 0 Å². The Balaban J connectivity index is 2.21. The Kier molecular flexibility index (Phi) is 1.07. The molecule has 1 heterocycles. The highest BCUT2D eigenvalue weighted by Gasteiger charge is 2.38. The van der Waals surface area contributed by atoms with Gasteiger partial charge in [-0.05, 0) is 49.7 Å². The number of fused-ring (bicyclic) bond motifs is 5. The van der Waals surface area contributed by atoms with Gasteiger partial charge >= 0.3 is 0 Å². The summed E-state index contributed by atoms with van der Waals surface area (Å²) in [7, 11) is 0. The highest BCUT2D eigenvalue weighted by atomic mass is 32.1. The van der Waals surface area contributed by atoms with Crippen molar-refractivity contribution in [2.24, 2.45) is 0 Å². The zero-order valence-corrected chi connectivity index (χ0v) is 7.58. The lowest BCUT2D eigenvalue weighted by molar-refractivity contribution is 0.728. The highest BCUT2D eigenvalue weighted by molar-refractivity contribution is 7.12. The van der Waals surface area contributed by atoms with E-state index >= 15 is 0 Å². The molecule has 0 spiro atoms. The van der Waals surface area contributed by atoms with Crippen molar-refractivity contribution >= 4 is 11.3 Å². The van der Waals surface area contributed by atoms with Crippen LogP contribution in [0.15, 0.2) is 6.07 Å². The molecule has 1 saturated carbocycles. The quantitative estimate of drug-likeness (QED) is 0.551. The summed E-state index contributed by atoms with van der Waals surface area (Å²) in [4.78, 5) is 3.25. The molecular formula is C10H12S. The van der Waals surface area contributed by atoms with Gasteiger partial charge in [-0.1, -0.05) is 0 Å². The molecule has 2 aliphatic carbocycles. The van der Waals surface area contributed by atoms with Gasteiger partial charge in [0.2, 0.25) is 0 Å². The number of hydrogen-bond acceptors (Lipinski definition) is 1. The summed E-state index contributed by atoms with van der Waals surface area (Å²) >= 11 is 2.04. The van der Waals surface area contributed by atoms with Crippen LogP contribution >= 0.6 is 11.3 Å². The van der Waals surface area contributed by atoms with Gasteiger partial charge < -0.3 is 0 Å². The first kappa shape index (κ1) is 6.24. The largest absolute Gasteiger partial charge is 0.145 e. The lowest BCUT2D eigenvalue weighted by Gasteiger charge is -2.07. The third-order valence-electron chi connectivity index (χ3n) is 3.16. The third-order valence-corrected chi connectivity index (χ3v) is 4.39. The molecule has 0 radical (unpaired) electrons. The Hall–Kier alpha value is -0.300. The topological polar surface area (TPSA) is 0 Å². The fourth-order valence-corrected chi connectivity index (χ4v) is 3.95. The fourth-order valence-electron chi connectivity index (χ4n) is 2.69. The summed E-state index contributed by atoms with van der Waals surface area (Å²) in [5.74, 6) is 1.92. The second-order valence-electron chi connectivity index (χ2n) is 3.88. The van der Waals surface area contributed by atoms with E-state index in [2.05, 4.69) is 13.0 Å². The van der Waals surface area contributed by atoms with Gasteiger partial charge in [0.15, 0.2) is 0 Å². The van der Waals surface area contributed by atoms with Crippen molar-refractivity contribution in [3.05, 3.63) is 21.4 Å². The van der Waals surface area contributed by atoms with Crippen LogP contribution in [0.5, 0.6) is 0 Å². The second kappa shape index (κ2) is 1.89. The Bertz CT molecular complexity index is 270. The molecule has 1 aromatic rings. The first-order valence-electron chi connectivity index (χ1n) is 4.45. The molecule has 2 bridgehead atoms. The van der Waals surface area contributed by atoms with E-state index in [4.69, 9.17) is 0 Å². The molecule has 2 atom stereocenters. The lowest BCUT2D eigenvalue weighted by Crippen LogP contribution is -1.91. The van der Waals surface area contributed by atoms with Crippen molar-refractivity contribution in [2.45, 2.75) is 38.0 Å². The van der Waals surface area contributed by atoms with Crippen LogP contribution in [0.25, 0.3) is 0 Å². The maximum Gasteiger partial charge on any atom is 0.0114 e. The predicted molar refractivity (Wildman–Crippen MR) is 48.4 cm³/mol. The summed E-state index contributed by atoms with van der Waals surface area (Å²) in [6, 6.07) is 2.42. The van der Waals surface area contributed by atoms with Crippen molar-refractivity contribution in [3.63, 3.8) is 0 Å². The Morgan fingerprint density at radius 2 is 2.18 bits per heavy atom. The van der Waals surface area contributed by atoms with Crippen LogP contribution in [0.2, 0.25) is 0 Å². The Morgan fingerprint density at radius 1 is 1.36 bits per heavy atom. The van der Waals surface area contributed by atoms with Crippen LogP contribution in [-0.2, 0) is 0 Å². The van der Waals surface area contributed by atoms with Crippen LogP contribution in [0.1, 0.15) is 46.4 Å². The van der Waals surface area contributed by atoms with Gasteiger partial charge in [-0.2, -0.15) is 0 Å². The Labute approximate surface area is 71.2 Å². The van der Waals surface area contributed by atoms with Gasteiger partial charge in [0.1, 0.15) is 0 Å². The van der Waals surface area contributed by atoms with Crippen LogP contribution in [-0.4, -0.2) is 0 Å². The van der Waals surface area contributed by atoms with E-state index in [1.807, 2.05) is 11.3 Å². The van der Waals surface area contributed by atoms with Crippen LogP contribution in [0.4, 0.5) is 0 Å². The monoisotopic (exact) mass is 164 g/mol. The van der Waals surface area contributed by atoms with E-state index in [1.165, 1.54) is 24.1 Å². The minimum Gasteiger partial charge on any atom is -0.145 e. The number of aryl methyl sites for hydroxylation is 1. The van der Waals surface area contributed by atoms with E-state index in [0.29, 0.717) is 0 Å². The molecule has 0 saturated heterocycles. The molecule has 1 fully saturated rings. The van der Waals surface area contributed by atoms with Crippen LogP contribution < -0.4 is 0 Å². The molecule has 0 aromatic carbocycles.